The average Bonchev–Trinajstić information content (AvgIpc) is 2.75. The summed E-state index contributed by atoms with van der Waals surface area (Å²) in [6.07, 6.45) is 3.98. The molecule has 1 aliphatic carbocycles. The lowest BCUT2D eigenvalue weighted by atomic mass is 10.0. The molecule has 1 N–H and O–H groups in total. The zero-order valence-corrected chi connectivity index (χ0v) is 10.6. The molecule has 0 amide bonds. The third kappa shape index (κ3) is 2.87. The zero-order chi connectivity index (χ0) is 12.3. The van der Waals surface area contributed by atoms with Crippen LogP contribution in [0.15, 0.2) is 24.3 Å². The highest BCUT2D eigenvalue weighted by molar-refractivity contribution is 5.32. The molecule has 90 valence electrons. The van der Waals surface area contributed by atoms with Crippen LogP contribution in [-0.4, -0.2) is 6.04 Å². The van der Waals surface area contributed by atoms with Crippen molar-refractivity contribution in [3.63, 3.8) is 0 Å². The van der Waals surface area contributed by atoms with Gasteiger partial charge < -0.3 is 5.32 Å². The third-order valence-corrected chi connectivity index (χ3v) is 3.87. The third-order valence-electron chi connectivity index (χ3n) is 3.87. The quantitative estimate of drug-likeness (QED) is 0.860. The first-order valence-corrected chi connectivity index (χ1v) is 6.47. The molecule has 0 heterocycles. The van der Waals surface area contributed by atoms with Crippen molar-refractivity contribution in [3.8, 4) is 6.07 Å². The van der Waals surface area contributed by atoms with Gasteiger partial charge in [-0.3, -0.25) is 0 Å². The van der Waals surface area contributed by atoms with Crippen LogP contribution >= 0.6 is 0 Å². The van der Waals surface area contributed by atoms with Gasteiger partial charge in [0.1, 0.15) is 0 Å². The van der Waals surface area contributed by atoms with Crippen LogP contribution in [0.5, 0.6) is 0 Å². The minimum Gasteiger partial charge on any atom is -0.307 e. The van der Waals surface area contributed by atoms with E-state index < -0.39 is 0 Å². The molecule has 1 saturated carbocycles. The monoisotopic (exact) mass is 228 g/mol. The fraction of sp³-hybridized carbons (Fsp3) is 0.533. The largest absolute Gasteiger partial charge is 0.307 e. The Labute approximate surface area is 104 Å². The first kappa shape index (κ1) is 12.1. The van der Waals surface area contributed by atoms with Gasteiger partial charge in [0, 0.05) is 12.1 Å². The lowest BCUT2D eigenvalue weighted by Crippen LogP contribution is -2.33. The molecule has 3 unspecified atom stereocenters. The number of hydrogen-bond donors (Lipinski definition) is 1. The van der Waals surface area contributed by atoms with E-state index in [2.05, 4.69) is 37.4 Å². The van der Waals surface area contributed by atoms with E-state index in [0.29, 0.717) is 12.1 Å². The SMILES string of the molecule is CC(NC1CCCC1C)c1ccc(C#N)cc1. The summed E-state index contributed by atoms with van der Waals surface area (Å²) in [6, 6.07) is 11.1. The number of rotatable bonds is 3. The van der Waals surface area contributed by atoms with Gasteiger partial charge in [0.25, 0.3) is 0 Å². The summed E-state index contributed by atoms with van der Waals surface area (Å²) < 4.78 is 0. The van der Waals surface area contributed by atoms with E-state index in [-0.39, 0.29) is 0 Å². The van der Waals surface area contributed by atoms with Gasteiger partial charge in [-0.25, -0.2) is 0 Å². The van der Waals surface area contributed by atoms with Crippen molar-refractivity contribution in [3.05, 3.63) is 35.4 Å². The standard InChI is InChI=1S/C15H20N2/c1-11-4-3-5-15(11)17-12(2)14-8-6-13(10-16)7-9-14/h6-9,11-12,15,17H,3-5H2,1-2H3. The molecule has 1 aromatic rings. The van der Waals surface area contributed by atoms with Crippen LogP contribution in [-0.2, 0) is 0 Å². The van der Waals surface area contributed by atoms with Gasteiger partial charge >= 0.3 is 0 Å². The van der Waals surface area contributed by atoms with E-state index in [1.165, 1.54) is 24.8 Å². The van der Waals surface area contributed by atoms with Gasteiger partial charge in [0.15, 0.2) is 0 Å². The van der Waals surface area contributed by atoms with Gasteiger partial charge in [-0.05, 0) is 43.4 Å². The minimum absolute atomic E-state index is 0.369. The molecule has 0 radical (unpaired) electrons. The van der Waals surface area contributed by atoms with Crippen LogP contribution in [0.4, 0.5) is 0 Å². The fourth-order valence-corrected chi connectivity index (χ4v) is 2.66. The fourth-order valence-electron chi connectivity index (χ4n) is 2.66. The van der Waals surface area contributed by atoms with E-state index >= 15 is 0 Å². The first-order valence-electron chi connectivity index (χ1n) is 6.47. The second kappa shape index (κ2) is 5.33. The van der Waals surface area contributed by atoms with Crippen molar-refractivity contribution in [2.24, 2.45) is 5.92 Å². The molecule has 3 atom stereocenters. The summed E-state index contributed by atoms with van der Waals surface area (Å²) in [6.45, 7) is 4.53. The molecule has 2 nitrogen and oxygen atoms in total. The van der Waals surface area contributed by atoms with Crippen molar-refractivity contribution in [1.82, 2.24) is 5.32 Å². The molecule has 0 aromatic heterocycles. The summed E-state index contributed by atoms with van der Waals surface area (Å²) in [4.78, 5) is 0. The normalized spacial score (nSPS) is 25.5. The van der Waals surface area contributed by atoms with Crippen LogP contribution in [0.3, 0.4) is 0 Å². The highest BCUT2D eigenvalue weighted by Gasteiger charge is 2.24. The summed E-state index contributed by atoms with van der Waals surface area (Å²) >= 11 is 0. The number of nitriles is 1. The highest BCUT2D eigenvalue weighted by atomic mass is 15.0. The highest BCUT2D eigenvalue weighted by Crippen LogP contribution is 2.27. The topological polar surface area (TPSA) is 35.8 Å². The predicted octanol–water partition coefficient (Wildman–Crippen LogP) is 3.40. The lowest BCUT2D eigenvalue weighted by molar-refractivity contribution is 0.388. The number of nitrogens with zero attached hydrogens (tertiary/aromatic N) is 1. The van der Waals surface area contributed by atoms with E-state index in [1.807, 2.05) is 12.1 Å². The Balaban J connectivity index is 1.99. The van der Waals surface area contributed by atoms with E-state index in [9.17, 15) is 0 Å². The van der Waals surface area contributed by atoms with Crippen LogP contribution in [0.2, 0.25) is 0 Å². The molecule has 0 saturated heterocycles. The van der Waals surface area contributed by atoms with Crippen LogP contribution in [0.1, 0.15) is 50.3 Å². The first-order chi connectivity index (χ1) is 8.20. The second-order valence-corrected chi connectivity index (χ2v) is 5.14. The molecule has 0 spiro atoms. The number of benzene rings is 1. The average molecular weight is 228 g/mol. The van der Waals surface area contributed by atoms with Crippen LogP contribution in [0.25, 0.3) is 0 Å². The molecule has 2 rings (SSSR count). The summed E-state index contributed by atoms with van der Waals surface area (Å²) in [5.41, 5.74) is 2.00. The Bertz CT molecular complexity index is 402. The molecule has 1 aromatic carbocycles. The van der Waals surface area contributed by atoms with Gasteiger partial charge in [0.2, 0.25) is 0 Å². The van der Waals surface area contributed by atoms with Crippen LogP contribution in [0, 0.1) is 17.2 Å². The van der Waals surface area contributed by atoms with Gasteiger partial charge in [-0.2, -0.15) is 5.26 Å². The minimum atomic E-state index is 0.369. The summed E-state index contributed by atoms with van der Waals surface area (Å²) in [7, 11) is 0. The van der Waals surface area contributed by atoms with Crippen LogP contribution < -0.4 is 5.32 Å². The van der Waals surface area contributed by atoms with Crippen molar-refractivity contribution in [1.29, 1.82) is 5.26 Å². The molecule has 0 bridgehead atoms. The molecule has 1 aliphatic rings. The Morgan fingerprint density at radius 3 is 2.53 bits per heavy atom. The Morgan fingerprint density at radius 1 is 1.29 bits per heavy atom. The maximum atomic E-state index is 8.77. The molecule has 0 aliphatic heterocycles. The van der Waals surface area contributed by atoms with Crippen molar-refractivity contribution >= 4 is 0 Å². The maximum absolute atomic E-state index is 8.77. The number of nitrogens with one attached hydrogen (secondary N) is 1. The molecular formula is C15H20N2. The Morgan fingerprint density at radius 2 is 2.00 bits per heavy atom. The maximum Gasteiger partial charge on any atom is 0.0991 e. The second-order valence-electron chi connectivity index (χ2n) is 5.14. The predicted molar refractivity (Wildman–Crippen MR) is 69.5 cm³/mol. The molecule has 1 fully saturated rings. The van der Waals surface area contributed by atoms with E-state index in [0.717, 1.165) is 11.5 Å². The van der Waals surface area contributed by atoms with Gasteiger partial charge in [0.05, 0.1) is 11.6 Å². The number of hydrogen-bond acceptors (Lipinski definition) is 2. The lowest BCUT2D eigenvalue weighted by Gasteiger charge is -2.23. The van der Waals surface area contributed by atoms with Gasteiger partial charge in [-0.15, -0.1) is 0 Å². The molecule has 17 heavy (non-hydrogen) atoms. The summed E-state index contributed by atoms with van der Waals surface area (Å²) in [5, 5.41) is 12.5. The Hall–Kier alpha value is -1.33. The summed E-state index contributed by atoms with van der Waals surface area (Å²) in [5.74, 6) is 0.788. The van der Waals surface area contributed by atoms with E-state index in [4.69, 9.17) is 5.26 Å². The molecular weight excluding hydrogens is 208 g/mol. The van der Waals surface area contributed by atoms with Crippen molar-refractivity contribution < 1.29 is 0 Å². The molecule has 2 heteroatoms. The zero-order valence-electron chi connectivity index (χ0n) is 10.6. The Kier molecular flexibility index (Phi) is 3.81. The van der Waals surface area contributed by atoms with E-state index in [1.54, 1.807) is 0 Å². The van der Waals surface area contributed by atoms with Crippen molar-refractivity contribution in [2.45, 2.75) is 45.2 Å². The smallest absolute Gasteiger partial charge is 0.0991 e. The van der Waals surface area contributed by atoms with Crippen molar-refractivity contribution in [2.75, 3.05) is 0 Å². The van der Waals surface area contributed by atoms with Gasteiger partial charge in [-0.1, -0.05) is 25.5 Å².